The maximum Gasteiger partial charge on any atom is 0.243 e. The Hall–Kier alpha value is -4.17. The molecule has 4 rings (SSSR count). The van der Waals surface area contributed by atoms with Crippen LogP contribution < -0.4 is 15.8 Å². The first-order valence-electron chi connectivity index (χ1n) is 12.7. The molecule has 3 amide bonds. The van der Waals surface area contributed by atoms with Crippen LogP contribution in [0.4, 0.5) is 0 Å². The van der Waals surface area contributed by atoms with Crippen LogP contribution >= 0.6 is 0 Å². The Balaban J connectivity index is 1.52. The van der Waals surface area contributed by atoms with Gasteiger partial charge < -0.3 is 25.4 Å². The summed E-state index contributed by atoms with van der Waals surface area (Å²) in [6.07, 6.45) is 0.843. The van der Waals surface area contributed by atoms with Gasteiger partial charge in [-0.3, -0.25) is 14.4 Å². The number of hydrogen-bond acceptors (Lipinski definition) is 5. The number of primary amides is 1. The van der Waals surface area contributed by atoms with E-state index in [0.717, 1.165) is 18.4 Å². The number of likely N-dealkylation sites (tertiary alicyclic amines) is 1. The van der Waals surface area contributed by atoms with Gasteiger partial charge in [-0.05, 0) is 48.2 Å². The van der Waals surface area contributed by atoms with Crippen LogP contribution in [0.3, 0.4) is 0 Å². The third-order valence-electron chi connectivity index (χ3n) is 6.59. The highest BCUT2D eigenvalue weighted by molar-refractivity contribution is 5.87. The first-order chi connectivity index (χ1) is 18.4. The summed E-state index contributed by atoms with van der Waals surface area (Å²) in [4.78, 5) is 39.3. The van der Waals surface area contributed by atoms with Gasteiger partial charge in [-0.25, -0.2) is 0 Å². The normalized spacial score (nSPS) is 16.4. The molecule has 3 aromatic carbocycles. The number of hydrogen-bond donors (Lipinski definition) is 2. The molecule has 0 spiro atoms. The molecule has 1 fully saturated rings. The molecule has 0 radical (unpaired) electrons. The standard InChI is InChI=1S/C30H33N3O5/c1-21(34)33-18-8-11-24(33)19-27(35)32-28(30(31)36)29(37-20-22-9-4-2-5-10-22)23-14-16-26(17-15-23)38-25-12-6-3-7-13-25/h2-7,9-10,12-17,24,28-29H,8,11,18-20H2,1H3,(H2,31,36)(H,32,35). The molecule has 3 atom stereocenters. The van der Waals surface area contributed by atoms with E-state index in [1.807, 2.05) is 60.7 Å². The molecule has 1 aliphatic rings. The van der Waals surface area contributed by atoms with E-state index in [9.17, 15) is 14.4 Å². The fraction of sp³-hybridized carbons (Fsp3) is 0.300. The molecule has 3 N–H and O–H groups in total. The van der Waals surface area contributed by atoms with Crippen molar-refractivity contribution >= 4 is 17.7 Å². The van der Waals surface area contributed by atoms with Crippen LogP contribution in [0.5, 0.6) is 11.5 Å². The molecular weight excluding hydrogens is 482 g/mol. The fourth-order valence-corrected chi connectivity index (χ4v) is 4.70. The van der Waals surface area contributed by atoms with Gasteiger partial charge in [0.15, 0.2) is 0 Å². The molecule has 0 saturated carbocycles. The summed E-state index contributed by atoms with van der Waals surface area (Å²) in [7, 11) is 0. The predicted molar refractivity (Wildman–Crippen MR) is 143 cm³/mol. The van der Waals surface area contributed by atoms with E-state index in [0.29, 0.717) is 23.6 Å². The molecular formula is C30H33N3O5. The topological polar surface area (TPSA) is 111 Å². The monoisotopic (exact) mass is 515 g/mol. The van der Waals surface area contributed by atoms with Crippen LogP contribution in [0.15, 0.2) is 84.9 Å². The molecule has 3 unspecified atom stereocenters. The molecule has 0 aromatic heterocycles. The summed E-state index contributed by atoms with van der Waals surface area (Å²) in [5.41, 5.74) is 7.36. The van der Waals surface area contributed by atoms with E-state index in [-0.39, 0.29) is 30.9 Å². The Bertz CT molecular complexity index is 1220. The van der Waals surface area contributed by atoms with Gasteiger partial charge in [0.05, 0.1) is 6.61 Å². The van der Waals surface area contributed by atoms with Crippen molar-refractivity contribution in [2.75, 3.05) is 6.54 Å². The third-order valence-corrected chi connectivity index (χ3v) is 6.59. The van der Waals surface area contributed by atoms with E-state index in [4.69, 9.17) is 15.2 Å². The second-order valence-corrected chi connectivity index (χ2v) is 9.36. The Morgan fingerprint density at radius 2 is 1.58 bits per heavy atom. The van der Waals surface area contributed by atoms with Gasteiger partial charge in [-0.15, -0.1) is 0 Å². The van der Waals surface area contributed by atoms with Gasteiger partial charge in [0.25, 0.3) is 0 Å². The summed E-state index contributed by atoms with van der Waals surface area (Å²) in [5, 5.41) is 2.78. The minimum Gasteiger partial charge on any atom is -0.457 e. The lowest BCUT2D eigenvalue weighted by Crippen LogP contribution is -2.50. The average Bonchev–Trinajstić information content (AvgIpc) is 3.38. The van der Waals surface area contributed by atoms with Crippen molar-refractivity contribution in [3.63, 3.8) is 0 Å². The van der Waals surface area contributed by atoms with Crippen molar-refractivity contribution < 1.29 is 23.9 Å². The molecule has 8 nitrogen and oxygen atoms in total. The van der Waals surface area contributed by atoms with Crippen molar-refractivity contribution in [2.24, 2.45) is 5.73 Å². The predicted octanol–water partition coefficient (Wildman–Crippen LogP) is 4.11. The van der Waals surface area contributed by atoms with Crippen molar-refractivity contribution in [3.05, 3.63) is 96.1 Å². The number of rotatable bonds is 11. The number of ether oxygens (including phenoxy) is 2. The Kier molecular flexibility index (Phi) is 9.11. The Morgan fingerprint density at radius 1 is 0.947 bits per heavy atom. The zero-order chi connectivity index (χ0) is 26.9. The molecule has 8 heteroatoms. The molecule has 198 valence electrons. The number of para-hydroxylation sites is 1. The highest BCUT2D eigenvalue weighted by atomic mass is 16.5. The number of carbonyl (C=O) groups is 3. The van der Waals surface area contributed by atoms with E-state index in [2.05, 4.69) is 5.32 Å². The van der Waals surface area contributed by atoms with Gasteiger partial charge in [0.1, 0.15) is 23.6 Å². The minimum absolute atomic E-state index is 0.0615. The lowest BCUT2D eigenvalue weighted by molar-refractivity contribution is -0.134. The summed E-state index contributed by atoms with van der Waals surface area (Å²) in [6, 6.07) is 24.8. The van der Waals surface area contributed by atoms with Crippen LogP contribution in [0.2, 0.25) is 0 Å². The van der Waals surface area contributed by atoms with Gasteiger partial charge in [0, 0.05) is 25.9 Å². The number of amides is 3. The number of nitrogens with zero attached hydrogens (tertiary/aromatic N) is 1. The van der Waals surface area contributed by atoms with E-state index < -0.39 is 18.1 Å². The zero-order valence-corrected chi connectivity index (χ0v) is 21.4. The summed E-state index contributed by atoms with van der Waals surface area (Å²) in [5.74, 6) is 0.187. The number of benzene rings is 3. The summed E-state index contributed by atoms with van der Waals surface area (Å²) < 4.78 is 12.1. The molecule has 1 heterocycles. The highest BCUT2D eigenvalue weighted by Gasteiger charge is 2.33. The first-order valence-corrected chi connectivity index (χ1v) is 12.7. The average molecular weight is 516 g/mol. The largest absolute Gasteiger partial charge is 0.457 e. The zero-order valence-electron chi connectivity index (χ0n) is 21.4. The Labute approximate surface area is 222 Å². The molecule has 38 heavy (non-hydrogen) atoms. The molecule has 1 saturated heterocycles. The van der Waals surface area contributed by atoms with Gasteiger partial charge in [-0.2, -0.15) is 0 Å². The van der Waals surface area contributed by atoms with Gasteiger partial charge in [-0.1, -0.05) is 60.7 Å². The van der Waals surface area contributed by atoms with Crippen molar-refractivity contribution in [1.82, 2.24) is 10.2 Å². The van der Waals surface area contributed by atoms with Gasteiger partial charge in [0.2, 0.25) is 17.7 Å². The molecule has 0 bridgehead atoms. The van der Waals surface area contributed by atoms with Crippen molar-refractivity contribution in [1.29, 1.82) is 0 Å². The lowest BCUT2D eigenvalue weighted by atomic mass is 10.00. The quantitative estimate of drug-likeness (QED) is 0.399. The summed E-state index contributed by atoms with van der Waals surface area (Å²) >= 11 is 0. The number of carbonyl (C=O) groups excluding carboxylic acids is 3. The molecule has 3 aromatic rings. The van der Waals surface area contributed by atoms with Crippen LogP contribution in [0.25, 0.3) is 0 Å². The maximum absolute atomic E-state index is 13.0. The van der Waals surface area contributed by atoms with Crippen LogP contribution in [-0.2, 0) is 25.7 Å². The molecule has 1 aliphatic heterocycles. The fourth-order valence-electron chi connectivity index (χ4n) is 4.70. The highest BCUT2D eigenvalue weighted by Crippen LogP contribution is 2.28. The van der Waals surface area contributed by atoms with Crippen molar-refractivity contribution in [3.8, 4) is 11.5 Å². The first kappa shape index (κ1) is 26.9. The number of nitrogens with two attached hydrogens (primary N) is 1. The van der Waals surface area contributed by atoms with E-state index in [1.54, 1.807) is 29.2 Å². The second kappa shape index (κ2) is 12.9. The SMILES string of the molecule is CC(=O)N1CCCC1CC(=O)NC(C(N)=O)C(OCc1ccccc1)c1ccc(Oc2ccccc2)cc1. The Morgan fingerprint density at radius 3 is 2.21 bits per heavy atom. The second-order valence-electron chi connectivity index (χ2n) is 9.36. The van der Waals surface area contributed by atoms with Crippen molar-refractivity contribution in [2.45, 2.75) is 51.0 Å². The number of nitrogens with one attached hydrogen (secondary N) is 1. The minimum atomic E-state index is -1.11. The van der Waals surface area contributed by atoms with Crippen LogP contribution in [0.1, 0.15) is 43.4 Å². The van der Waals surface area contributed by atoms with Crippen LogP contribution in [0, 0.1) is 0 Å². The smallest absolute Gasteiger partial charge is 0.243 e. The molecule has 0 aliphatic carbocycles. The summed E-state index contributed by atoms with van der Waals surface area (Å²) in [6.45, 7) is 2.35. The van der Waals surface area contributed by atoms with E-state index in [1.165, 1.54) is 6.92 Å². The lowest BCUT2D eigenvalue weighted by Gasteiger charge is -2.28. The third kappa shape index (κ3) is 7.20. The van der Waals surface area contributed by atoms with E-state index >= 15 is 0 Å². The maximum atomic E-state index is 13.0. The van der Waals surface area contributed by atoms with Crippen LogP contribution in [-0.4, -0.2) is 41.2 Å². The van der Waals surface area contributed by atoms with Gasteiger partial charge >= 0.3 is 0 Å².